The van der Waals surface area contributed by atoms with Gasteiger partial charge in [0, 0.05) is 28.3 Å². The highest BCUT2D eigenvalue weighted by molar-refractivity contribution is 7.16. The smallest absolute Gasteiger partial charge is 0.196 e. The van der Waals surface area contributed by atoms with E-state index >= 15 is 0 Å². The van der Waals surface area contributed by atoms with Crippen molar-refractivity contribution < 1.29 is 14.6 Å². The second-order valence-electron chi connectivity index (χ2n) is 6.69. The minimum absolute atomic E-state index is 0.0797. The van der Waals surface area contributed by atoms with Crippen LogP contribution in [-0.4, -0.2) is 10.2 Å². The average Bonchev–Trinajstić information content (AvgIpc) is 3.22. The molecule has 2 heterocycles. The molecule has 2 aromatic rings. The Labute approximate surface area is 132 Å². The highest BCUT2D eigenvalue weighted by Gasteiger charge is 2.56. The Morgan fingerprint density at radius 1 is 1.27 bits per heavy atom. The normalized spacial score (nSPS) is 28.8. The predicted molar refractivity (Wildman–Crippen MR) is 85.4 cm³/mol. The van der Waals surface area contributed by atoms with Crippen LogP contribution in [0.3, 0.4) is 0 Å². The molecule has 0 radical (unpaired) electrons. The summed E-state index contributed by atoms with van der Waals surface area (Å²) in [7, 11) is 0. The number of rotatable bonds is 4. The fourth-order valence-corrected chi connectivity index (χ4v) is 4.18. The monoisotopic (exact) mass is 320 g/mol. The molecule has 0 saturated heterocycles. The predicted octanol–water partition coefficient (Wildman–Crippen LogP) is 2.25. The molecule has 0 amide bonds. The van der Waals surface area contributed by atoms with Gasteiger partial charge in [-0.1, -0.05) is 0 Å². The van der Waals surface area contributed by atoms with Crippen molar-refractivity contribution in [1.82, 2.24) is 0 Å². The maximum Gasteiger partial charge on any atom is 0.196 e. The van der Waals surface area contributed by atoms with Gasteiger partial charge in [-0.15, -0.1) is 11.3 Å². The highest BCUT2D eigenvalue weighted by atomic mass is 32.1. The molecule has 2 fully saturated rings. The first-order valence-electron chi connectivity index (χ1n) is 7.52. The van der Waals surface area contributed by atoms with E-state index in [0.717, 1.165) is 29.0 Å². The molecule has 2 saturated carbocycles. The fraction of sp³-hybridized carbons (Fsp3) is 0.500. The molecule has 2 unspecified atom stereocenters. The Morgan fingerprint density at radius 3 is 2.59 bits per heavy atom. The first kappa shape index (κ1) is 14.1. The first-order chi connectivity index (χ1) is 10.3. The van der Waals surface area contributed by atoms with Crippen LogP contribution in [0.4, 0.5) is 10.9 Å². The summed E-state index contributed by atoms with van der Waals surface area (Å²) in [5, 5.41) is 21.6. The Hall–Kier alpha value is -1.50. The second-order valence-corrected chi connectivity index (χ2v) is 7.97. The van der Waals surface area contributed by atoms with Crippen LogP contribution in [0, 0.1) is 12.8 Å². The zero-order valence-corrected chi connectivity index (χ0v) is 13.2. The molecule has 22 heavy (non-hydrogen) atoms. The van der Waals surface area contributed by atoms with Crippen molar-refractivity contribution >= 4 is 22.2 Å². The SMILES string of the molecule is Cc1cc(C2(O)CC2Cc2cc(C3(O)CC3)c(N)o2)c(N)s1. The van der Waals surface area contributed by atoms with E-state index in [1.807, 2.05) is 19.1 Å². The average molecular weight is 320 g/mol. The Morgan fingerprint density at radius 2 is 2.00 bits per heavy atom. The molecule has 4 rings (SSSR count). The number of nitrogens with two attached hydrogens (primary N) is 2. The van der Waals surface area contributed by atoms with Crippen molar-refractivity contribution in [3.05, 3.63) is 33.9 Å². The van der Waals surface area contributed by atoms with Gasteiger partial charge in [0.25, 0.3) is 0 Å². The summed E-state index contributed by atoms with van der Waals surface area (Å²) in [6.45, 7) is 1.99. The van der Waals surface area contributed by atoms with Crippen molar-refractivity contribution in [2.24, 2.45) is 5.92 Å². The van der Waals surface area contributed by atoms with E-state index in [4.69, 9.17) is 15.9 Å². The maximum absolute atomic E-state index is 10.8. The summed E-state index contributed by atoms with van der Waals surface area (Å²) in [6.07, 6.45) is 2.74. The van der Waals surface area contributed by atoms with Crippen molar-refractivity contribution in [2.75, 3.05) is 11.5 Å². The molecule has 6 N–H and O–H groups in total. The maximum atomic E-state index is 10.8. The van der Waals surface area contributed by atoms with E-state index in [-0.39, 0.29) is 5.92 Å². The van der Waals surface area contributed by atoms with Crippen LogP contribution >= 0.6 is 11.3 Å². The van der Waals surface area contributed by atoms with Crippen molar-refractivity contribution in [2.45, 2.75) is 43.8 Å². The summed E-state index contributed by atoms with van der Waals surface area (Å²) in [5.41, 5.74) is 11.7. The fourth-order valence-electron chi connectivity index (χ4n) is 3.31. The van der Waals surface area contributed by atoms with Crippen molar-refractivity contribution in [1.29, 1.82) is 0 Å². The molecule has 5 nitrogen and oxygen atoms in total. The van der Waals surface area contributed by atoms with Gasteiger partial charge in [0.2, 0.25) is 0 Å². The molecule has 0 aliphatic heterocycles. The molecule has 6 heteroatoms. The van der Waals surface area contributed by atoms with E-state index in [1.165, 1.54) is 11.3 Å². The van der Waals surface area contributed by atoms with E-state index in [2.05, 4.69) is 0 Å². The lowest BCUT2D eigenvalue weighted by Gasteiger charge is -2.09. The minimum Gasteiger partial charge on any atom is -0.446 e. The number of nitrogen functional groups attached to an aromatic ring is 2. The third-order valence-electron chi connectivity index (χ3n) is 4.91. The van der Waals surface area contributed by atoms with Gasteiger partial charge in [-0.05, 0) is 38.3 Å². The number of aliphatic hydroxyl groups is 2. The largest absolute Gasteiger partial charge is 0.446 e. The zero-order chi connectivity index (χ0) is 15.7. The Bertz CT molecular complexity index is 747. The van der Waals surface area contributed by atoms with Gasteiger partial charge >= 0.3 is 0 Å². The Kier molecular flexibility index (Phi) is 2.74. The summed E-state index contributed by atoms with van der Waals surface area (Å²) >= 11 is 1.50. The summed E-state index contributed by atoms with van der Waals surface area (Å²) < 4.78 is 5.57. The van der Waals surface area contributed by atoms with Crippen LogP contribution in [0.15, 0.2) is 16.5 Å². The van der Waals surface area contributed by atoms with E-state index in [1.54, 1.807) is 0 Å². The number of hydrogen-bond acceptors (Lipinski definition) is 6. The van der Waals surface area contributed by atoms with Gasteiger partial charge in [-0.3, -0.25) is 0 Å². The van der Waals surface area contributed by atoms with E-state index < -0.39 is 11.2 Å². The lowest BCUT2D eigenvalue weighted by molar-refractivity contribution is 0.131. The van der Waals surface area contributed by atoms with Crippen LogP contribution in [0.1, 0.15) is 41.0 Å². The van der Waals surface area contributed by atoms with Crippen LogP contribution in [0.5, 0.6) is 0 Å². The zero-order valence-electron chi connectivity index (χ0n) is 12.4. The summed E-state index contributed by atoms with van der Waals surface area (Å²) in [6, 6.07) is 3.80. The second kappa shape index (κ2) is 4.28. The molecule has 0 aromatic carbocycles. The molecular weight excluding hydrogens is 300 g/mol. The molecule has 2 atom stereocenters. The molecular formula is C16H20N2O3S. The minimum atomic E-state index is -0.854. The van der Waals surface area contributed by atoms with Crippen LogP contribution in [-0.2, 0) is 17.6 Å². The van der Waals surface area contributed by atoms with Gasteiger partial charge in [-0.25, -0.2) is 0 Å². The van der Waals surface area contributed by atoms with Crippen molar-refractivity contribution in [3.63, 3.8) is 0 Å². The third-order valence-corrected chi connectivity index (χ3v) is 5.79. The quantitative estimate of drug-likeness (QED) is 0.691. The van der Waals surface area contributed by atoms with Crippen molar-refractivity contribution in [3.8, 4) is 0 Å². The van der Waals surface area contributed by atoms with Gasteiger partial charge in [0.1, 0.15) is 5.76 Å². The number of furan rings is 1. The first-order valence-corrected chi connectivity index (χ1v) is 8.33. The van der Waals surface area contributed by atoms with Gasteiger partial charge < -0.3 is 26.1 Å². The number of aryl methyl sites for hydroxylation is 1. The summed E-state index contributed by atoms with van der Waals surface area (Å²) in [4.78, 5) is 1.10. The number of thiophene rings is 1. The molecule has 0 spiro atoms. The molecule has 2 aromatic heterocycles. The number of hydrogen-bond donors (Lipinski definition) is 4. The molecule has 118 valence electrons. The molecule has 2 aliphatic rings. The van der Waals surface area contributed by atoms with Gasteiger partial charge in [0.15, 0.2) is 5.88 Å². The van der Waals surface area contributed by atoms with Gasteiger partial charge in [-0.2, -0.15) is 0 Å². The van der Waals surface area contributed by atoms with Crippen LogP contribution in [0.25, 0.3) is 0 Å². The van der Waals surface area contributed by atoms with Crippen LogP contribution < -0.4 is 11.5 Å². The molecule has 2 aliphatic carbocycles. The standard InChI is InChI=1S/C16H20N2O3S/c1-8-4-12(14(18)22-8)16(20)7-9(16)5-10-6-11(13(17)21-10)15(19)2-3-15/h4,6,9,19-20H,2-3,5,7,17-18H2,1H3. The summed E-state index contributed by atoms with van der Waals surface area (Å²) in [5.74, 6) is 1.10. The van der Waals surface area contributed by atoms with Gasteiger partial charge in [0.05, 0.1) is 16.2 Å². The number of anilines is 2. The lowest BCUT2D eigenvalue weighted by atomic mass is 10.0. The topological polar surface area (TPSA) is 106 Å². The van der Waals surface area contributed by atoms with Crippen LogP contribution in [0.2, 0.25) is 0 Å². The lowest BCUT2D eigenvalue weighted by Crippen LogP contribution is -2.10. The Balaban J connectivity index is 1.53. The highest BCUT2D eigenvalue weighted by Crippen LogP contribution is 2.57. The molecule has 0 bridgehead atoms. The van der Waals surface area contributed by atoms with E-state index in [0.29, 0.717) is 29.3 Å². The van der Waals surface area contributed by atoms with E-state index in [9.17, 15) is 10.2 Å². The third kappa shape index (κ3) is 2.06.